The van der Waals surface area contributed by atoms with Crippen LogP contribution in [0.1, 0.15) is 79.2 Å². The van der Waals surface area contributed by atoms with E-state index in [2.05, 4.69) is 12.2 Å². The summed E-state index contributed by atoms with van der Waals surface area (Å²) >= 11 is 0. The molecule has 0 bridgehead atoms. The second kappa shape index (κ2) is 21.2. The number of benzene rings is 1. The smallest absolute Gasteiger partial charge is 0.468 e. The molecule has 12 heteroatoms. The summed E-state index contributed by atoms with van der Waals surface area (Å²) in [6, 6.07) is 3.67. The summed E-state index contributed by atoms with van der Waals surface area (Å²) in [6.45, 7) is 12.4. The zero-order chi connectivity index (χ0) is 32.2. The van der Waals surface area contributed by atoms with Crippen LogP contribution in [0.5, 0.6) is 11.5 Å². The summed E-state index contributed by atoms with van der Waals surface area (Å²) in [6.07, 6.45) is 0.841. The fraction of sp³-hybridized carbons (Fsp3) is 0.677. The number of carbonyl (C=O) groups is 4. The van der Waals surface area contributed by atoms with Gasteiger partial charge in [-0.3, -0.25) is 4.79 Å². The lowest BCUT2D eigenvalue weighted by Gasteiger charge is -2.20. The molecule has 0 aliphatic carbocycles. The van der Waals surface area contributed by atoms with Crippen LogP contribution >= 0.6 is 0 Å². The van der Waals surface area contributed by atoms with E-state index in [0.717, 1.165) is 19.3 Å². The van der Waals surface area contributed by atoms with Crippen LogP contribution in [0, 0.1) is 11.8 Å². The maximum atomic E-state index is 12.5. The van der Waals surface area contributed by atoms with Crippen molar-refractivity contribution in [2.24, 2.45) is 11.8 Å². The molecular weight excluding hydrogens is 562 g/mol. The fourth-order valence-electron chi connectivity index (χ4n) is 3.51. The summed E-state index contributed by atoms with van der Waals surface area (Å²) in [5.74, 6) is -0.0380. The predicted octanol–water partition coefficient (Wildman–Crippen LogP) is 6.22. The Balaban J connectivity index is 2.96. The summed E-state index contributed by atoms with van der Waals surface area (Å²) in [5, 5.41) is 3.03. The molecule has 2 atom stereocenters. The molecule has 0 fully saturated rings. The average molecular weight is 612 g/mol. The zero-order valence-corrected chi connectivity index (χ0v) is 26.6. The molecule has 1 aromatic rings. The molecule has 12 nitrogen and oxygen atoms in total. The van der Waals surface area contributed by atoms with Gasteiger partial charge in [-0.2, -0.15) is 0 Å². The number of esters is 1. The lowest BCUT2D eigenvalue weighted by molar-refractivity contribution is -0.143. The first-order valence-electron chi connectivity index (χ1n) is 14.9. The molecular formula is C31H49NO11. The van der Waals surface area contributed by atoms with Gasteiger partial charge < -0.3 is 38.5 Å². The third-order valence-corrected chi connectivity index (χ3v) is 6.07. The van der Waals surface area contributed by atoms with Gasteiger partial charge in [0.2, 0.25) is 0 Å². The van der Waals surface area contributed by atoms with E-state index in [4.69, 9.17) is 33.2 Å². The van der Waals surface area contributed by atoms with Crippen LogP contribution in [0.15, 0.2) is 18.2 Å². The number of hydrogen-bond acceptors (Lipinski definition) is 12. The number of nitrogens with one attached hydrogen (secondary N) is 1. The lowest BCUT2D eigenvalue weighted by atomic mass is 10.0. The van der Waals surface area contributed by atoms with Crippen LogP contribution in [-0.4, -0.2) is 70.1 Å². The Morgan fingerprint density at radius 2 is 1.35 bits per heavy atom. The maximum Gasteiger partial charge on any atom is 0.513 e. The zero-order valence-electron chi connectivity index (χ0n) is 26.6. The first kappa shape index (κ1) is 37.5. The minimum atomic E-state index is -0.967. The van der Waals surface area contributed by atoms with E-state index in [-0.39, 0.29) is 44.3 Å². The minimum Gasteiger partial charge on any atom is -0.468 e. The molecule has 0 spiro atoms. The average Bonchev–Trinajstić information content (AvgIpc) is 2.93. The summed E-state index contributed by atoms with van der Waals surface area (Å²) in [4.78, 5) is 49.1. The van der Waals surface area contributed by atoms with Crippen molar-refractivity contribution >= 4 is 24.4 Å². The largest absolute Gasteiger partial charge is 0.513 e. The fourth-order valence-corrected chi connectivity index (χ4v) is 3.51. The predicted molar refractivity (Wildman–Crippen MR) is 158 cm³/mol. The van der Waals surface area contributed by atoms with E-state index in [0.29, 0.717) is 30.2 Å². The van der Waals surface area contributed by atoms with E-state index in [1.807, 2.05) is 27.7 Å². The van der Waals surface area contributed by atoms with Gasteiger partial charge in [0.15, 0.2) is 11.5 Å². The first-order chi connectivity index (χ1) is 20.4. The number of carbonyl (C=O) groups excluding carboxylic acids is 4. The third-order valence-electron chi connectivity index (χ3n) is 6.07. The van der Waals surface area contributed by atoms with Crippen molar-refractivity contribution in [2.45, 2.75) is 92.2 Å². The SMILES string of the molecule is CCCCCOC(=O)OC(C)CN[C@@H](Cc1ccc(OC(=O)OCCC(C)C)c(OC(=O)OCCC(C)C)c1)C(=O)OC. The molecule has 1 N–H and O–H groups in total. The summed E-state index contributed by atoms with van der Waals surface area (Å²) < 4.78 is 36.2. The Hall–Kier alpha value is -3.54. The molecule has 244 valence electrons. The Kier molecular flexibility index (Phi) is 18.5. The van der Waals surface area contributed by atoms with Crippen molar-refractivity contribution in [1.29, 1.82) is 0 Å². The third kappa shape index (κ3) is 17.2. The quantitative estimate of drug-likeness (QED) is 0.0821. The summed E-state index contributed by atoms with van der Waals surface area (Å²) in [5.41, 5.74) is 0.553. The van der Waals surface area contributed by atoms with E-state index in [9.17, 15) is 19.2 Å². The van der Waals surface area contributed by atoms with Gasteiger partial charge in [0.05, 0.1) is 26.9 Å². The van der Waals surface area contributed by atoms with Crippen LogP contribution in [0.2, 0.25) is 0 Å². The molecule has 0 aliphatic rings. The van der Waals surface area contributed by atoms with Crippen LogP contribution < -0.4 is 14.8 Å². The van der Waals surface area contributed by atoms with E-state index in [1.54, 1.807) is 13.0 Å². The number of ether oxygens (including phenoxy) is 7. The van der Waals surface area contributed by atoms with E-state index in [1.165, 1.54) is 19.2 Å². The van der Waals surface area contributed by atoms with Gasteiger partial charge in [0, 0.05) is 6.54 Å². The van der Waals surface area contributed by atoms with E-state index < -0.39 is 36.6 Å². The van der Waals surface area contributed by atoms with Gasteiger partial charge in [-0.05, 0) is 62.1 Å². The Morgan fingerprint density at radius 3 is 1.91 bits per heavy atom. The molecule has 0 radical (unpaired) electrons. The van der Waals surface area contributed by atoms with Crippen molar-refractivity contribution < 1.29 is 52.3 Å². The van der Waals surface area contributed by atoms with Crippen molar-refractivity contribution in [3.05, 3.63) is 23.8 Å². The number of unbranched alkanes of at least 4 members (excludes halogenated alkanes) is 2. The standard InChI is InChI=1S/C31H49NO11/c1-8-9-10-15-38-29(34)41-23(6)20-32-25(28(33)37-7)18-24-11-12-26(42-30(35)39-16-13-21(2)3)27(19-24)43-31(36)40-17-14-22(4)5/h11-12,19,21-23,25,32H,8-10,13-18,20H2,1-7H3/t23?,25-/m0/s1. The van der Waals surface area contributed by atoms with Crippen LogP contribution in [0.25, 0.3) is 0 Å². The minimum absolute atomic E-state index is 0.0545. The number of methoxy groups -OCH3 is 1. The topological polar surface area (TPSA) is 145 Å². The molecule has 0 saturated carbocycles. The van der Waals surface area contributed by atoms with Crippen molar-refractivity contribution in [3.8, 4) is 11.5 Å². The highest BCUT2D eigenvalue weighted by molar-refractivity contribution is 5.76. The van der Waals surface area contributed by atoms with Crippen molar-refractivity contribution in [2.75, 3.05) is 33.5 Å². The van der Waals surface area contributed by atoms with E-state index >= 15 is 0 Å². The maximum absolute atomic E-state index is 12.5. The van der Waals surface area contributed by atoms with Gasteiger partial charge >= 0.3 is 24.4 Å². The van der Waals surface area contributed by atoms with Crippen molar-refractivity contribution in [3.63, 3.8) is 0 Å². The van der Waals surface area contributed by atoms with Crippen LogP contribution in [0.3, 0.4) is 0 Å². The van der Waals surface area contributed by atoms with Gasteiger partial charge in [0.1, 0.15) is 12.1 Å². The van der Waals surface area contributed by atoms with Gasteiger partial charge in [-0.1, -0.05) is 53.5 Å². The first-order valence-corrected chi connectivity index (χ1v) is 14.9. The highest BCUT2D eigenvalue weighted by Crippen LogP contribution is 2.30. The second-order valence-electron chi connectivity index (χ2n) is 11.0. The molecule has 43 heavy (non-hydrogen) atoms. The van der Waals surface area contributed by atoms with Gasteiger partial charge in [-0.15, -0.1) is 0 Å². The monoisotopic (exact) mass is 611 g/mol. The molecule has 1 aromatic carbocycles. The summed E-state index contributed by atoms with van der Waals surface area (Å²) in [7, 11) is 1.26. The molecule has 0 amide bonds. The normalized spacial score (nSPS) is 12.3. The lowest BCUT2D eigenvalue weighted by Crippen LogP contribution is -2.43. The highest BCUT2D eigenvalue weighted by atomic mass is 16.7. The molecule has 0 aliphatic heterocycles. The Bertz CT molecular complexity index is 996. The molecule has 0 saturated heterocycles. The van der Waals surface area contributed by atoms with Crippen LogP contribution in [0.4, 0.5) is 14.4 Å². The molecule has 0 aromatic heterocycles. The van der Waals surface area contributed by atoms with Gasteiger partial charge in [-0.25, -0.2) is 14.4 Å². The number of rotatable bonds is 19. The number of hydrogen-bond donors (Lipinski definition) is 1. The van der Waals surface area contributed by atoms with Crippen LogP contribution in [-0.2, 0) is 34.9 Å². The molecule has 0 heterocycles. The second-order valence-corrected chi connectivity index (χ2v) is 11.0. The molecule has 1 unspecified atom stereocenters. The Morgan fingerprint density at radius 1 is 0.767 bits per heavy atom. The highest BCUT2D eigenvalue weighted by Gasteiger charge is 2.23. The van der Waals surface area contributed by atoms with Crippen molar-refractivity contribution in [1.82, 2.24) is 5.32 Å². The Labute approximate surface area is 255 Å². The molecule has 1 rings (SSSR count). The van der Waals surface area contributed by atoms with Gasteiger partial charge in [0.25, 0.3) is 0 Å².